The zero-order chi connectivity index (χ0) is 9.26. The summed E-state index contributed by atoms with van der Waals surface area (Å²) in [6, 6.07) is 5.42. The predicted molar refractivity (Wildman–Crippen MR) is 52.4 cm³/mol. The van der Waals surface area contributed by atoms with Crippen molar-refractivity contribution in [2.45, 2.75) is 0 Å². The van der Waals surface area contributed by atoms with E-state index in [4.69, 9.17) is 17.4 Å². The van der Waals surface area contributed by atoms with Gasteiger partial charge in [0.1, 0.15) is 5.52 Å². The van der Waals surface area contributed by atoms with Crippen LogP contribution in [-0.4, -0.2) is 9.97 Å². The lowest BCUT2D eigenvalue weighted by Crippen LogP contribution is -2.08. The van der Waals surface area contributed by atoms with E-state index in [9.17, 15) is 0 Å². The zero-order valence-electron chi connectivity index (χ0n) is 6.66. The number of hydrogen-bond acceptors (Lipinski definition) is 4. The number of para-hydroxylation sites is 1. The van der Waals surface area contributed by atoms with Crippen molar-refractivity contribution in [2.75, 3.05) is 5.43 Å². The van der Waals surface area contributed by atoms with Crippen molar-refractivity contribution in [3.8, 4) is 0 Å². The lowest BCUT2D eigenvalue weighted by molar-refractivity contribution is 1.22. The number of anilines is 1. The van der Waals surface area contributed by atoms with Crippen LogP contribution < -0.4 is 11.3 Å². The molecule has 0 saturated carbocycles. The van der Waals surface area contributed by atoms with E-state index in [0.29, 0.717) is 16.4 Å². The van der Waals surface area contributed by atoms with Crippen molar-refractivity contribution in [2.24, 2.45) is 5.84 Å². The topological polar surface area (TPSA) is 63.8 Å². The molecule has 2 aromatic rings. The van der Waals surface area contributed by atoms with Gasteiger partial charge in [-0.1, -0.05) is 17.7 Å². The number of benzene rings is 1. The summed E-state index contributed by atoms with van der Waals surface area (Å²) in [6.45, 7) is 0. The fraction of sp³-hybridized carbons (Fsp3) is 0. The first-order chi connectivity index (χ1) is 6.31. The lowest BCUT2D eigenvalue weighted by atomic mass is 10.3. The average Bonchev–Trinajstić information content (AvgIpc) is 2.18. The van der Waals surface area contributed by atoms with Crippen LogP contribution >= 0.6 is 11.6 Å². The maximum absolute atomic E-state index is 5.90. The number of nitrogens with two attached hydrogens (primary N) is 1. The van der Waals surface area contributed by atoms with Crippen molar-refractivity contribution in [1.29, 1.82) is 0 Å². The van der Waals surface area contributed by atoms with Crippen LogP contribution in [0, 0.1) is 0 Å². The Labute approximate surface area is 79.7 Å². The summed E-state index contributed by atoms with van der Waals surface area (Å²) < 4.78 is 0. The van der Waals surface area contributed by atoms with Gasteiger partial charge < -0.3 is 5.43 Å². The zero-order valence-corrected chi connectivity index (χ0v) is 7.42. The molecule has 0 fully saturated rings. The molecule has 0 amide bonds. The average molecular weight is 195 g/mol. The molecule has 1 aromatic carbocycles. The monoisotopic (exact) mass is 194 g/mol. The first kappa shape index (κ1) is 8.22. The van der Waals surface area contributed by atoms with Gasteiger partial charge in [-0.3, -0.25) is 0 Å². The lowest BCUT2D eigenvalue weighted by Gasteiger charge is -2.01. The standard InChI is InChI=1S/C8H7ClN4/c9-5-2-1-3-6-8(5)11-4-7(12-6)13-10/h1-4H,10H2,(H,12,13). The van der Waals surface area contributed by atoms with Crippen molar-refractivity contribution in [3.63, 3.8) is 0 Å². The Balaban J connectivity index is 2.72. The van der Waals surface area contributed by atoms with Gasteiger partial charge in [0, 0.05) is 0 Å². The number of nitrogen functional groups attached to an aromatic ring is 1. The summed E-state index contributed by atoms with van der Waals surface area (Å²) >= 11 is 5.90. The molecule has 0 aliphatic carbocycles. The van der Waals surface area contributed by atoms with Crippen LogP contribution in [0.4, 0.5) is 5.82 Å². The molecule has 5 heteroatoms. The smallest absolute Gasteiger partial charge is 0.159 e. The number of aromatic nitrogens is 2. The molecule has 2 rings (SSSR count). The highest BCUT2D eigenvalue weighted by Crippen LogP contribution is 2.20. The Bertz CT molecular complexity index is 443. The molecule has 66 valence electrons. The Kier molecular flexibility index (Phi) is 2.00. The van der Waals surface area contributed by atoms with Crippen LogP contribution in [0.25, 0.3) is 11.0 Å². The van der Waals surface area contributed by atoms with Crippen molar-refractivity contribution < 1.29 is 0 Å². The maximum Gasteiger partial charge on any atom is 0.159 e. The van der Waals surface area contributed by atoms with Crippen LogP contribution in [-0.2, 0) is 0 Å². The molecule has 0 atom stereocenters. The molecule has 0 aliphatic rings. The van der Waals surface area contributed by atoms with Gasteiger partial charge in [-0.2, -0.15) is 0 Å². The highest BCUT2D eigenvalue weighted by Gasteiger charge is 2.01. The van der Waals surface area contributed by atoms with Crippen LogP contribution in [0.2, 0.25) is 5.02 Å². The van der Waals surface area contributed by atoms with Crippen LogP contribution in [0.1, 0.15) is 0 Å². The largest absolute Gasteiger partial charge is 0.307 e. The van der Waals surface area contributed by atoms with E-state index in [-0.39, 0.29) is 0 Å². The Hall–Kier alpha value is -1.39. The number of fused-ring (bicyclic) bond motifs is 1. The molecule has 0 bridgehead atoms. The molecule has 0 unspecified atom stereocenters. The van der Waals surface area contributed by atoms with Gasteiger partial charge in [0.25, 0.3) is 0 Å². The Morgan fingerprint density at radius 1 is 1.38 bits per heavy atom. The van der Waals surface area contributed by atoms with E-state index in [1.807, 2.05) is 12.1 Å². The van der Waals surface area contributed by atoms with E-state index >= 15 is 0 Å². The summed E-state index contributed by atoms with van der Waals surface area (Å²) in [4.78, 5) is 8.29. The summed E-state index contributed by atoms with van der Waals surface area (Å²) in [5.74, 6) is 5.72. The van der Waals surface area contributed by atoms with E-state index in [1.165, 1.54) is 6.20 Å². The summed E-state index contributed by atoms with van der Waals surface area (Å²) in [5, 5.41) is 0.591. The van der Waals surface area contributed by atoms with Gasteiger partial charge in [0.05, 0.1) is 16.7 Å². The van der Waals surface area contributed by atoms with Gasteiger partial charge in [-0.05, 0) is 12.1 Å². The van der Waals surface area contributed by atoms with Crippen LogP contribution in [0.3, 0.4) is 0 Å². The molecule has 0 aliphatic heterocycles. The third-order valence-corrected chi connectivity index (χ3v) is 1.98. The van der Waals surface area contributed by atoms with Crippen LogP contribution in [0.5, 0.6) is 0 Å². The number of rotatable bonds is 1. The van der Waals surface area contributed by atoms with E-state index in [2.05, 4.69) is 15.4 Å². The SMILES string of the molecule is NNc1cnc2c(Cl)cccc2n1. The first-order valence-corrected chi connectivity index (χ1v) is 4.07. The number of hydrazine groups is 1. The number of nitrogens with zero attached hydrogens (tertiary/aromatic N) is 2. The fourth-order valence-corrected chi connectivity index (χ4v) is 1.29. The van der Waals surface area contributed by atoms with Crippen molar-refractivity contribution >= 4 is 28.5 Å². The second-order valence-corrected chi connectivity index (χ2v) is 2.91. The highest BCUT2D eigenvalue weighted by atomic mass is 35.5. The fourth-order valence-electron chi connectivity index (χ4n) is 1.08. The molecule has 0 spiro atoms. The molecule has 3 N–H and O–H groups in total. The van der Waals surface area contributed by atoms with Gasteiger partial charge >= 0.3 is 0 Å². The summed E-state index contributed by atoms with van der Waals surface area (Å²) in [7, 11) is 0. The first-order valence-electron chi connectivity index (χ1n) is 3.69. The number of hydrogen-bond donors (Lipinski definition) is 2. The number of halogens is 1. The summed E-state index contributed by atoms with van der Waals surface area (Å²) in [6.07, 6.45) is 1.54. The van der Waals surface area contributed by atoms with E-state index in [1.54, 1.807) is 6.07 Å². The minimum Gasteiger partial charge on any atom is -0.307 e. The number of nitrogens with one attached hydrogen (secondary N) is 1. The second kappa shape index (κ2) is 3.16. The predicted octanol–water partition coefficient (Wildman–Crippen LogP) is 1.57. The highest BCUT2D eigenvalue weighted by molar-refractivity contribution is 6.34. The van der Waals surface area contributed by atoms with Gasteiger partial charge in [0.15, 0.2) is 5.82 Å². The molecule has 1 aromatic heterocycles. The van der Waals surface area contributed by atoms with E-state index < -0.39 is 0 Å². The molecule has 1 heterocycles. The minimum atomic E-state index is 0.523. The second-order valence-electron chi connectivity index (χ2n) is 2.51. The maximum atomic E-state index is 5.90. The van der Waals surface area contributed by atoms with Gasteiger partial charge in [0.2, 0.25) is 0 Å². The van der Waals surface area contributed by atoms with Gasteiger partial charge in [-0.25, -0.2) is 15.8 Å². The van der Waals surface area contributed by atoms with Crippen molar-refractivity contribution in [3.05, 3.63) is 29.4 Å². The third-order valence-electron chi connectivity index (χ3n) is 1.67. The Morgan fingerprint density at radius 2 is 2.23 bits per heavy atom. The molecular formula is C8H7ClN4. The molecule has 4 nitrogen and oxygen atoms in total. The summed E-state index contributed by atoms with van der Waals surface area (Å²) in [5.41, 5.74) is 3.83. The normalized spacial score (nSPS) is 10.3. The quantitative estimate of drug-likeness (QED) is 0.534. The molecule has 0 radical (unpaired) electrons. The van der Waals surface area contributed by atoms with E-state index in [0.717, 1.165) is 5.52 Å². The van der Waals surface area contributed by atoms with Gasteiger partial charge in [-0.15, -0.1) is 0 Å². The molecular weight excluding hydrogens is 188 g/mol. The molecule has 0 saturated heterocycles. The van der Waals surface area contributed by atoms with Crippen LogP contribution in [0.15, 0.2) is 24.4 Å². The van der Waals surface area contributed by atoms with Crippen molar-refractivity contribution in [1.82, 2.24) is 9.97 Å². The third kappa shape index (κ3) is 1.41. The molecule has 13 heavy (non-hydrogen) atoms. The Morgan fingerprint density at radius 3 is 3.00 bits per heavy atom. The minimum absolute atomic E-state index is 0.523.